The summed E-state index contributed by atoms with van der Waals surface area (Å²) in [5.74, 6) is -0.555. The van der Waals surface area contributed by atoms with Gasteiger partial charge in [-0.2, -0.15) is 0 Å². The number of aryl methyl sites for hydroxylation is 2. The minimum absolute atomic E-state index is 0.167. The van der Waals surface area contributed by atoms with Crippen LogP contribution in [0.5, 0.6) is 11.5 Å². The molecule has 4 amide bonds. The maximum absolute atomic E-state index is 13.2. The van der Waals surface area contributed by atoms with Crippen molar-refractivity contribution in [2.75, 3.05) is 12.0 Å². The van der Waals surface area contributed by atoms with E-state index >= 15 is 0 Å². The first-order valence-electron chi connectivity index (χ1n) is 10.8. The zero-order valence-electron chi connectivity index (χ0n) is 19.4. The Hall–Kier alpha value is -4.10. The summed E-state index contributed by atoms with van der Waals surface area (Å²) in [6, 6.07) is 16.9. The number of urea groups is 1. The first-order chi connectivity index (χ1) is 16.8. The van der Waals surface area contributed by atoms with Gasteiger partial charge >= 0.3 is 6.03 Å². The van der Waals surface area contributed by atoms with Crippen LogP contribution in [0.4, 0.5) is 10.5 Å². The van der Waals surface area contributed by atoms with Crippen LogP contribution in [0.2, 0.25) is 5.02 Å². The second-order valence-corrected chi connectivity index (χ2v) is 8.51. The molecule has 3 aromatic rings. The van der Waals surface area contributed by atoms with E-state index in [1.165, 1.54) is 13.2 Å². The Kier molecular flexibility index (Phi) is 6.89. The molecule has 0 aromatic heterocycles. The maximum Gasteiger partial charge on any atom is 0.335 e. The minimum atomic E-state index is -0.786. The lowest BCUT2D eigenvalue weighted by Gasteiger charge is -2.27. The van der Waals surface area contributed by atoms with E-state index in [1.807, 2.05) is 31.2 Å². The van der Waals surface area contributed by atoms with Crippen LogP contribution >= 0.6 is 11.6 Å². The van der Waals surface area contributed by atoms with Gasteiger partial charge in [0.25, 0.3) is 11.8 Å². The van der Waals surface area contributed by atoms with E-state index in [1.54, 1.807) is 43.3 Å². The van der Waals surface area contributed by atoms with Gasteiger partial charge in [0.1, 0.15) is 12.2 Å². The van der Waals surface area contributed by atoms with E-state index in [4.69, 9.17) is 21.1 Å². The fourth-order valence-electron chi connectivity index (χ4n) is 3.78. The predicted octanol–water partition coefficient (Wildman–Crippen LogP) is 5.21. The van der Waals surface area contributed by atoms with E-state index in [-0.39, 0.29) is 12.2 Å². The molecule has 0 radical (unpaired) electrons. The smallest absolute Gasteiger partial charge is 0.335 e. The third-order valence-corrected chi connectivity index (χ3v) is 5.71. The molecule has 1 fully saturated rings. The second-order valence-electron chi connectivity index (χ2n) is 8.08. The molecule has 1 N–H and O–H groups in total. The lowest BCUT2D eigenvalue weighted by molar-refractivity contribution is -0.122. The Balaban J connectivity index is 1.61. The minimum Gasteiger partial charge on any atom is -0.493 e. The molecule has 35 heavy (non-hydrogen) atoms. The van der Waals surface area contributed by atoms with Crippen molar-refractivity contribution in [3.05, 3.63) is 93.5 Å². The summed E-state index contributed by atoms with van der Waals surface area (Å²) in [4.78, 5) is 39.2. The normalized spacial score (nSPS) is 14.8. The molecule has 0 saturated carbocycles. The third kappa shape index (κ3) is 5.20. The van der Waals surface area contributed by atoms with Gasteiger partial charge in [-0.3, -0.25) is 14.9 Å². The quantitative estimate of drug-likeness (QED) is 0.378. The van der Waals surface area contributed by atoms with Crippen molar-refractivity contribution in [3.8, 4) is 11.5 Å². The molecule has 0 unspecified atom stereocenters. The molecule has 3 aromatic carbocycles. The maximum atomic E-state index is 13.2. The highest BCUT2D eigenvalue weighted by molar-refractivity contribution is 6.39. The molecular weight excluding hydrogens is 468 g/mol. The monoisotopic (exact) mass is 490 g/mol. The number of hydrogen-bond donors (Lipinski definition) is 1. The van der Waals surface area contributed by atoms with Crippen LogP contribution in [0.3, 0.4) is 0 Å². The van der Waals surface area contributed by atoms with Gasteiger partial charge in [-0.1, -0.05) is 47.5 Å². The van der Waals surface area contributed by atoms with Crippen molar-refractivity contribution in [2.45, 2.75) is 20.5 Å². The molecule has 178 valence electrons. The number of ether oxygens (including phenoxy) is 2. The Morgan fingerprint density at radius 3 is 2.49 bits per heavy atom. The summed E-state index contributed by atoms with van der Waals surface area (Å²) in [7, 11) is 1.50. The number of halogens is 1. The Labute approximate surface area is 207 Å². The van der Waals surface area contributed by atoms with Crippen LogP contribution in [0.15, 0.2) is 66.2 Å². The number of imide groups is 2. The fourth-order valence-corrected chi connectivity index (χ4v) is 3.99. The highest BCUT2D eigenvalue weighted by Crippen LogP contribution is 2.31. The van der Waals surface area contributed by atoms with Gasteiger partial charge in [-0.25, -0.2) is 9.69 Å². The first kappa shape index (κ1) is 24.0. The number of barbiturate groups is 1. The average Bonchev–Trinajstić information content (AvgIpc) is 2.82. The molecule has 7 nitrogen and oxygen atoms in total. The molecule has 0 atom stereocenters. The van der Waals surface area contributed by atoms with E-state index in [0.717, 1.165) is 21.6 Å². The predicted molar refractivity (Wildman–Crippen MR) is 134 cm³/mol. The Morgan fingerprint density at radius 1 is 0.971 bits per heavy atom. The lowest BCUT2D eigenvalue weighted by Crippen LogP contribution is -2.54. The summed E-state index contributed by atoms with van der Waals surface area (Å²) in [5, 5.41) is 2.86. The van der Waals surface area contributed by atoms with Crippen LogP contribution in [0.1, 0.15) is 22.3 Å². The van der Waals surface area contributed by atoms with E-state index in [9.17, 15) is 14.4 Å². The zero-order chi connectivity index (χ0) is 25.1. The summed E-state index contributed by atoms with van der Waals surface area (Å²) < 4.78 is 11.3. The van der Waals surface area contributed by atoms with Crippen molar-refractivity contribution < 1.29 is 23.9 Å². The van der Waals surface area contributed by atoms with Gasteiger partial charge in [0.05, 0.1) is 12.8 Å². The van der Waals surface area contributed by atoms with Gasteiger partial charge in [0.2, 0.25) is 0 Å². The number of amides is 4. The summed E-state index contributed by atoms with van der Waals surface area (Å²) in [5.41, 5.74) is 3.41. The van der Waals surface area contributed by atoms with Crippen LogP contribution in [-0.4, -0.2) is 25.0 Å². The van der Waals surface area contributed by atoms with Crippen molar-refractivity contribution >= 4 is 41.2 Å². The van der Waals surface area contributed by atoms with Crippen LogP contribution in [-0.2, 0) is 16.2 Å². The number of nitrogens with zero attached hydrogens (tertiary/aromatic N) is 1. The number of anilines is 1. The molecule has 1 aliphatic heterocycles. The number of methoxy groups -OCH3 is 1. The van der Waals surface area contributed by atoms with Crippen molar-refractivity contribution in [1.82, 2.24) is 5.32 Å². The third-order valence-electron chi connectivity index (χ3n) is 5.48. The van der Waals surface area contributed by atoms with E-state index in [2.05, 4.69) is 5.32 Å². The largest absolute Gasteiger partial charge is 0.493 e. The number of carbonyl (C=O) groups is 3. The summed E-state index contributed by atoms with van der Waals surface area (Å²) >= 11 is 6.02. The molecule has 1 saturated heterocycles. The van der Waals surface area contributed by atoms with Gasteiger partial charge in [0.15, 0.2) is 11.5 Å². The highest BCUT2D eigenvalue weighted by Gasteiger charge is 2.37. The molecular formula is C27H23ClN2O5. The number of benzene rings is 3. The van der Waals surface area contributed by atoms with Gasteiger partial charge in [0, 0.05) is 5.02 Å². The Bertz CT molecular complexity index is 1370. The van der Waals surface area contributed by atoms with Crippen molar-refractivity contribution in [2.24, 2.45) is 0 Å². The lowest BCUT2D eigenvalue weighted by atomic mass is 10.0. The zero-order valence-corrected chi connectivity index (χ0v) is 20.2. The summed E-state index contributed by atoms with van der Waals surface area (Å²) in [6.07, 6.45) is 1.42. The number of rotatable bonds is 6. The van der Waals surface area contributed by atoms with Gasteiger partial charge in [-0.05, 0) is 66.9 Å². The summed E-state index contributed by atoms with van der Waals surface area (Å²) in [6.45, 7) is 4.00. The van der Waals surface area contributed by atoms with Crippen molar-refractivity contribution in [1.29, 1.82) is 0 Å². The first-order valence-corrected chi connectivity index (χ1v) is 11.2. The standard InChI is InChI=1S/C27H23ClN2O5/c1-16-7-9-22(17(2)11-16)30-26(32)21(25(31)29-27(30)33)13-18-8-10-23(24(14-18)34-3)35-15-19-5-4-6-20(28)12-19/h4-14H,15H2,1-3H3,(H,29,31,33)/b21-13+. The number of hydrogen-bond acceptors (Lipinski definition) is 5. The molecule has 1 aliphatic rings. The topological polar surface area (TPSA) is 84.9 Å². The molecule has 0 bridgehead atoms. The fraction of sp³-hybridized carbons (Fsp3) is 0.148. The molecule has 0 spiro atoms. The van der Waals surface area contributed by atoms with Crippen LogP contribution in [0, 0.1) is 13.8 Å². The molecule has 1 heterocycles. The number of carbonyl (C=O) groups excluding carboxylic acids is 3. The Morgan fingerprint density at radius 2 is 1.77 bits per heavy atom. The van der Waals surface area contributed by atoms with Gasteiger partial charge in [-0.15, -0.1) is 0 Å². The van der Waals surface area contributed by atoms with E-state index in [0.29, 0.717) is 27.8 Å². The van der Waals surface area contributed by atoms with E-state index < -0.39 is 17.8 Å². The number of nitrogens with one attached hydrogen (secondary N) is 1. The van der Waals surface area contributed by atoms with Crippen molar-refractivity contribution in [3.63, 3.8) is 0 Å². The van der Waals surface area contributed by atoms with Gasteiger partial charge < -0.3 is 9.47 Å². The van der Waals surface area contributed by atoms with Crippen LogP contribution in [0.25, 0.3) is 6.08 Å². The molecule has 8 heteroatoms. The highest BCUT2D eigenvalue weighted by atomic mass is 35.5. The molecule has 4 rings (SSSR count). The van der Waals surface area contributed by atoms with Crippen LogP contribution < -0.4 is 19.7 Å². The average molecular weight is 491 g/mol. The molecule has 0 aliphatic carbocycles. The second kappa shape index (κ2) is 10.0. The SMILES string of the molecule is COc1cc(/C=C2\C(=O)NC(=O)N(c3ccc(C)cc3C)C2=O)ccc1OCc1cccc(Cl)c1.